The fraction of sp³-hybridized carbons (Fsp3) is 0.857. The van der Waals surface area contributed by atoms with Crippen LogP contribution in [0.4, 0.5) is 0 Å². The van der Waals surface area contributed by atoms with Gasteiger partial charge in [0.2, 0.25) is 11.8 Å². The van der Waals surface area contributed by atoms with Gasteiger partial charge in [-0.05, 0) is 18.3 Å². The summed E-state index contributed by atoms with van der Waals surface area (Å²) in [7, 11) is 0. The topological polar surface area (TPSA) is 67.4 Å². The van der Waals surface area contributed by atoms with Crippen LogP contribution in [-0.2, 0) is 14.3 Å². The molecule has 0 aromatic rings. The zero-order valence-electron chi connectivity index (χ0n) is 12.6. The van der Waals surface area contributed by atoms with E-state index in [1.54, 1.807) is 0 Å². The molecule has 112 valence electrons. The molecule has 0 spiro atoms. The number of rotatable bonds is 10. The van der Waals surface area contributed by atoms with Gasteiger partial charge in [-0.2, -0.15) is 0 Å². The third-order valence-corrected chi connectivity index (χ3v) is 2.35. The molecule has 0 heterocycles. The van der Waals surface area contributed by atoms with Gasteiger partial charge in [-0.1, -0.05) is 27.7 Å². The van der Waals surface area contributed by atoms with Gasteiger partial charge in [-0.25, -0.2) is 0 Å². The monoisotopic (exact) mass is 272 g/mol. The van der Waals surface area contributed by atoms with Crippen LogP contribution in [0.1, 0.15) is 47.0 Å². The average molecular weight is 272 g/mol. The van der Waals surface area contributed by atoms with Gasteiger partial charge in [0.05, 0.1) is 6.61 Å². The molecule has 0 radical (unpaired) electrons. The molecule has 0 aliphatic rings. The first-order valence-electron chi connectivity index (χ1n) is 7.03. The van der Waals surface area contributed by atoms with Crippen molar-refractivity contribution in [1.29, 1.82) is 0 Å². The van der Waals surface area contributed by atoms with Crippen LogP contribution >= 0.6 is 0 Å². The molecule has 0 aliphatic heterocycles. The van der Waals surface area contributed by atoms with E-state index in [-0.39, 0.29) is 18.5 Å². The fourth-order valence-corrected chi connectivity index (χ4v) is 1.49. The molecule has 0 fully saturated rings. The Morgan fingerprint density at radius 3 is 2.00 bits per heavy atom. The molecule has 0 saturated carbocycles. The Morgan fingerprint density at radius 2 is 1.47 bits per heavy atom. The number of amides is 2. The molecule has 2 N–H and O–H groups in total. The van der Waals surface area contributed by atoms with Crippen LogP contribution in [0.3, 0.4) is 0 Å². The van der Waals surface area contributed by atoms with E-state index in [9.17, 15) is 9.59 Å². The average Bonchev–Trinajstić information content (AvgIpc) is 2.25. The highest BCUT2D eigenvalue weighted by Gasteiger charge is 2.04. The van der Waals surface area contributed by atoms with Crippen molar-refractivity contribution in [3.63, 3.8) is 0 Å². The van der Waals surface area contributed by atoms with Gasteiger partial charge in [0, 0.05) is 19.4 Å². The van der Waals surface area contributed by atoms with Crippen molar-refractivity contribution in [2.75, 3.05) is 19.9 Å². The lowest BCUT2D eigenvalue weighted by Crippen LogP contribution is -2.29. The molecule has 0 bridgehead atoms. The molecule has 5 nitrogen and oxygen atoms in total. The largest absolute Gasteiger partial charge is 0.361 e. The first-order valence-corrected chi connectivity index (χ1v) is 7.03. The minimum absolute atomic E-state index is 0.0141. The Kier molecular flexibility index (Phi) is 10.2. The van der Waals surface area contributed by atoms with Crippen molar-refractivity contribution in [1.82, 2.24) is 10.6 Å². The molecular formula is C14H28N2O3. The molecule has 0 atom stereocenters. The summed E-state index contributed by atoms with van der Waals surface area (Å²) in [5.74, 6) is 0.837. The highest BCUT2D eigenvalue weighted by Crippen LogP contribution is 1.98. The van der Waals surface area contributed by atoms with Crippen LogP contribution < -0.4 is 10.6 Å². The Bertz CT molecular complexity index is 239. The summed E-state index contributed by atoms with van der Waals surface area (Å²) in [6, 6.07) is 0. The lowest BCUT2D eigenvalue weighted by Gasteiger charge is -2.09. The normalized spacial score (nSPS) is 10.8. The summed E-state index contributed by atoms with van der Waals surface area (Å²) in [6.07, 6.45) is 1.84. The van der Waals surface area contributed by atoms with Gasteiger partial charge in [-0.15, -0.1) is 0 Å². The lowest BCUT2D eigenvalue weighted by atomic mass is 10.1. The van der Waals surface area contributed by atoms with E-state index in [1.165, 1.54) is 0 Å². The summed E-state index contributed by atoms with van der Waals surface area (Å²) in [6.45, 7) is 9.42. The fourth-order valence-electron chi connectivity index (χ4n) is 1.49. The van der Waals surface area contributed by atoms with Gasteiger partial charge < -0.3 is 15.4 Å². The Hall–Kier alpha value is -1.10. The van der Waals surface area contributed by atoms with Gasteiger partial charge in [0.25, 0.3) is 0 Å². The Labute approximate surface area is 116 Å². The number of carbonyl (C=O) groups is 2. The van der Waals surface area contributed by atoms with Crippen molar-refractivity contribution in [3.05, 3.63) is 0 Å². The predicted molar refractivity (Wildman–Crippen MR) is 75.5 cm³/mol. The molecule has 2 amide bonds. The Morgan fingerprint density at radius 1 is 0.947 bits per heavy atom. The van der Waals surface area contributed by atoms with E-state index < -0.39 is 0 Å². The van der Waals surface area contributed by atoms with Gasteiger partial charge in [-0.3, -0.25) is 9.59 Å². The number of ether oxygens (including phenoxy) is 1. The molecule has 0 saturated heterocycles. The molecule has 0 aromatic carbocycles. The van der Waals surface area contributed by atoms with Crippen molar-refractivity contribution >= 4 is 11.8 Å². The minimum Gasteiger partial charge on any atom is -0.361 e. The van der Waals surface area contributed by atoms with E-state index in [4.69, 9.17) is 4.74 Å². The van der Waals surface area contributed by atoms with E-state index in [0.29, 0.717) is 37.8 Å². The first kappa shape index (κ1) is 17.9. The number of hydrogen-bond donors (Lipinski definition) is 2. The molecule has 0 unspecified atom stereocenters. The first-order chi connectivity index (χ1) is 8.91. The van der Waals surface area contributed by atoms with Crippen LogP contribution in [-0.4, -0.2) is 31.7 Å². The molecule has 5 heteroatoms. The van der Waals surface area contributed by atoms with Gasteiger partial charge in [0.15, 0.2) is 0 Å². The smallest absolute Gasteiger partial charge is 0.222 e. The predicted octanol–water partition coefficient (Wildman–Crippen LogP) is 1.68. The van der Waals surface area contributed by atoms with E-state index >= 15 is 0 Å². The van der Waals surface area contributed by atoms with E-state index in [1.807, 2.05) is 27.7 Å². The summed E-state index contributed by atoms with van der Waals surface area (Å²) in [5.41, 5.74) is 0. The van der Waals surface area contributed by atoms with Gasteiger partial charge in [0.1, 0.15) is 6.73 Å². The van der Waals surface area contributed by atoms with Crippen molar-refractivity contribution < 1.29 is 14.3 Å². The molecule has 0 aromatic heterocycles. The standard InChI is InChI=1S/C14H28N2O3/c1-11(2)8-13(17)15-6-5-7-19-10-16-14(18)9-12(3)4/h11-12H,5-10H2,1-4H3,(H,15,17)(H,16,18). The summed E-state index contributed by atoms with van der Waals surface area (Å²) >= 11 is 0. The van der Waals surface area contributed by atoms with Crippen molar-refractivity contribution in [3.8, 4) is 0 Å². The number of nitrogens with one attached hydrogen (secondary N) is 2. The summed E-state index contributed by atoms with van der Waals surface area (Å²) in [5, 5.41) is 5.52. The molecular weight excluding hydrogens is 244 g/mol. The molecule has 0 aliphatic carbocycles. The van der Waals surface area contributed by atoms with Gasteiger partial charge >= 0.3 is 0 Å². The maximum absolute atomic E-state index is 11.3. The van der Waals surface area contributed by atoms with Crippen molar-refractivity contribution in [2.45, 2.75) is 47.0 Å². The second kappa shape index (κ2) is 10.8. The van der Waals surface area contributed by atoms with E-state index in [0.717, 1.165) is 6.42 Å². The van der Waals surface area contributed by atoms with Crippen LogP contribution in [0.2, 0.25) is 0 Å². The summed E-state index contributed by atoms with van der Waals surface area (Å²) in [4.78, 5) is 22.6. The highest BCUT2D eigenvalue weighted by molar-refractivity contribution is 5.76. The Balaban J connectivity index is 3.32. The quantitative estimate of drug-likeness (QED) is 0.469. The zero-order valence-corrected chi connectivity index (χ0v) is 12.6. The summed E-state index contributed by atoms with van der Waals surface area (Å²) < 4.78 is 5.27. The number of carbonyl (C=O) groups excluding carboxylic acids is 2. The van der Waals surface area contributed by atoms with E-state index in [2.05, 4.69) is 10.6 Å². The van der Waals surface area contributed by atoms with Crippen molar-refractivity contribution in [2.24, 2.45) is 11.8 Å². The second-order valence-electron chi connectivity index (χ2n) is 5.55. The third kappa shape index (κ3) is 13.1. The highest BCUT2D eigenvalue weighted by atomic mass is 16.5. The lowest BCUT2D eigenvalue weighted by molar-refractivity contribution is -0.123. The van der Waals surface area contributed by atoms with Crippen LogP contribution in [0.25, 0.3) is 0 Å². The minimum atomic E-state index is 0.0141. The molecule has 19 heavy (non-hydrogen) atoms. The zero-order chi connectivity index (χ0) is 14.7. The van der Waals surface area contributed by atoms with Crippen LogP contribution in [0.15, 0.2) is 0 Å². The van der Waals surface area contributed by atoms with Crippen LogP contribution in [0, 0.1) is 11.8 Å². The maximum atomic E-state index is 11.3. The SMILES string of the molecule is CC(C)CC(=O)NCCCOCNC(=O)CC(C)C. The van der Waals surface area contributed by atoms with Crippen LogP contribution in [0.5, 0.6) is 0 Å². The maximum Gasteiger partial charge on any atom is 0.222 e. The molecule has 0 rings (SSSR count). The second-order valence-corrected chi connectivity index (χ2v) is 5.55. The third-order valence-electron chi connectivity index (χ3n) is 2.35. The number of hydrogen-bond acceptors (Lipinski definition) is 3.